The molecule has 1 atom stereocenters. The Hall–Kier alpha value is -1.23. The van der Waals surface area contributed by atoms with Crippen LogP contribution >= 0.6 is 0 Å². The highest BCUT2D eigenvalue weighted by atomic mass is 32.2. The van der Waals surface area contributed by atoms with Crippen molar-refractivity contribution in [3.63, 3.8) is 0 Å². The van der Waals surface area contributed by atoms with Crippen LogP contribution < -0.4 is 11.1 Å². The summed E-state index contributed by atoms with van der Waals surface area (Å²) in [6, 6.07) is 5.28. The first kappa shape index (κ1) is 15.2. The molecule has 1 fully saturated rings. The van der Waals surface area contributed by atoms with Crippen molar-refractivity contribution in [2.45, 2.75) is 50.0 Å². The Balaban J connectivity index is 2.09. The van der Waals surface area contributed by atoms with E-state index in [0.717, 1.165) is 5.69 Å². The van der Waals surface area contributed by atoms with Crippen LogP contribution in [0.15, 0.2) is 23.1 Å². The average Bonchev–Trinajstić information content (AvgIpc) is 2.41. The third-order valence-electron chi connectivity index (χ3n) is 4.19. The molecule has 2 rings (SSSR count). The molecule has 0 heterocycles. The molecule has 1 aromatic carbocycles. The first-order chi connectivity index (χ1) is 9.38. The van der Waals surface area contributed by atoms with Crippen LogP contribution in [-0.2, 0) is 9.84 Å². The van der Waals surface area contributed by atoms with Gasteiger partial charge in [0.25, 0.3) is 0 Å². The molecular weight excluding hydrogens is 272 g/mol. The molecule has 5 heteroatoms. The fraction of sp³-hybridized carbons (Fsp3) is 0.600. The Morgan fingerprint density at radius 3 is 2.45 bits per heavy atom. The summed E-state index contributed by atoms with van der Waals surface area (Å²) in [4.78, 5) is 0.269. The van der Waals surface area contributed by atoms with Gasteiger partial charge in [-0.25, -0.2) is 8.42 Å². The van der Waals surface area contributed by atoms with E-state index < -0.39 is 9.84 Å². The third kappa shape index (κ3) is 3.66. The molecule has 1 saturated carbocycles. The number of hydrogen-bond acceptors (Lipinski definition) is 4. The van der Waals surface area contributed by atoms with Crippen molar-refractivity contribution in [2.75, 3.05) is 17.3 Å². The molecule has 1 unspecified atom stereocenters. The summed E-state index contributed by atoms with van der Waals surface area (Å²) in [5, 5.41) is 3.44. The van der Waals surface area contributed by atoms with Crippen LogP contribution in [0.4, 0.5) is 11.4 Å². The largest absolute Gasteiger partial charge is 0.397 e. The Kier molecular flexibility index (Phi) is 4.58. The fourth-order valence-corrected chi connectivity index (χ4v) is 3.56. The van der Waals surface area contributed by atoms with E-state index in [1.165, 1.54) is 44.4 Å². The molecule has 1 aromatic rings. The maximum absolute atomic E-state index is 11.5. The molecule has 0 radical (unpaired) electrons. The SMILES string of the molecule is CC(Nc1ccc(S(C)(=O)=O)cc1N)C1CCCCC1. The lowest BCUT2D eigenvalue weighted by Gasteiger charge is -2.29. The van der Waals surface area contributed by atoms with Crippen molar-refractivity contribution >= 4 is 21.2 Å². The van der Waals surface area contributed by atoms with Crippen LogP contribution in [-0.4, -0.2) is 20.7 Å². The highest BCUT2D eigenvalue weighted by Gasteiger charge is 2.20. The van der Waals surface area contributed by atoms with E-state index in [9.17, 15) is 8.42 Å². The van der Waals surface area contributed by atoms with Gasteiger partial charge in [0.15, 0.2) is 9.84 Å². The first-order valence-corrected chi connectivity index (χ1v) is 9.13. The Bertz CT molecular complexity index is 563. The Morgan fingerprint density at radius 1 is 1.25 bits per heavy atom. The van der Waals surface area contributed by atoms with Gasteiger partial charge in [-0.05, 0) is 43.9 Å². The van der Waals surface area contributed by atoms with E-state index in [2.05, 4.69) is 12.2 Å². The van der Waals surface area contributed by atoms with Crippen molar-refractivity contribution < 1.29 is 8.42 Å². The lowest BCUT2D eigenvalue weighted by atomic mass is 9.84. The monoisotopic (exact) mass is 296 g/mol. The summed E-state index contributed by atoms with van der Waals surface area (Å²) < 4.78 is 23.0. The maximum Gasteiger partial charge on any atom is 0.175 e. The van der Waals surface area contributed by atoms with Gasteiger partial charge in [0.2, 0.25) is 0 Å². The average molecular weight is 296 g/mol. The lowest BCUT2D eigenvalue weighted by molar-refractivity contribution is 0.328. The molecule has 20 heavy (non-hydrogen) atoms. The van der Waals surface area contributed by atoms with E-state index in [4.69, 9.17) is 5.73 Å². The predicted molar refractivity (Wildman–Crippen MR) is 83.6 cm³/mol. The number of nitrogens with two attached hydrogens (primary N) is 1. The number of hydrogen-bond donors (Lipinski definition) is 2. The molecule has 0 aromatic heterocycles. The van der Waals surface area contributed by atoms with Crippen molar-refractivity contribution in [3.8, 4) is 0 Å². The second-order valence-electron chi connectivity index (χ2n) is 5.85. The number of nitrogen functional groups attached to an aromatic ring is 1. The number of anilines is 2. The molecule has 4 nitrogen and oxygen atoms in total. The quantitative estimate of drug-likeness (QED) is 0.838. The fourth-order valence-electron chi connectivity index (χ4n) is 2.90. The Morgan fingerprint density at radius 2 is 1.90 bits per heavy atom. The van der Waals surface area contributed by atoms with Gasteiger partial charge in [-0.2, -0.15) is 0 Å². The number of benzene rings is 1. The summed E-state index contributed by atoms with van der Waals surface area (Å²) in [7, 11) is -3.20. The molecule has 0 saturated heterocycles. The van der Waals surface area contributed by atoms with Crippen LogP contribution in [0.3, 0.4) is 0 Å². The van der Waals surface area contributed by atoms with Crippen LogP contribution in [0.1, 0.15) is 39.0 Å². The first-order valence-electron chi connectivity index (χ1n) is 7.24. The summed E-state index contributed by atoms with van der Waals surface area (Å²) in [6.45, 7) is 2.18. The van der Waals surface area contributed by atoms with Crippen molar-refractivity contribution in [1.82, 2.24) is 0 Å². The zero-order valence-corrected chi connectivity index (χ0v) is 13.0. The van der Waals surface area contributed by atoms with Crippen molar-refractivity contribution in [1.29, 1.82) is 0 Å². The zero-order valence-electron chi connectivity index (χ0n) is 12.2. The lowest BCUT2D eigenvalue weighted by Crippen LogP contribution is -2.28. The van der Waals surface area contributed by atoms with E-state index in [-0.39, 0.29) is 4.90 Å². The smallest absolute Gasteiger partial charge is 0.175 e. The van der Waals surface area contributed by atoms with Gasteiger partial charge in [0.1, 0.15) is 0 Å². The van der Waals surface area contributed by atoms with Crippen LogP contribution in [0, 0.1) is 5.92 Å². The normalized spacial score (nSPS) is 18.7. The van der Waals surface area contributed by atoms with Crippen LogP contribution in [0.25, 0.3) is 0 Å². The third-order valence-corrected chi connectivity index (χ3v) is 5.30. The van der Waals surface area contributed by atoms with E-state index >= 15 is 0 Å². The van der Waals surface area contributed by atoms with E-state index in [1.54, 1.807) is 12.1 Å². The van der Waals surface area contributed by atoms with E-state index in [0.29, 0.717) is 17.6 Å². The minimum absolute atomic E-state index is 0.269. The van der Waals surface area contributed by atoms with Crippen LogP contribution in [0.5, 0.6) is 0 Å². The zero-order chi connectivity index (χ0) is 14.8. The van der Waals surface area contributed by atoms with Gasteiger partial charge in [-0.15, -0.1) is 0 Å². The molecule has 1 aliphatic carbocycles. The molecule has 0 bridgehead atoms. The van der Waals surface area contributed by atoms with Gasteiger partial charge < -0.3 is 11.1 Å². The highest BCUT2D eigenvalue weighted by molar-refractivity contribution is 7.90. The van der Waals surface area contributed by atoms with E-state index in [1.807, 2.05) is 0 Å². The van der Waals surface area contributed by atoms with Gasteiger partial charge in [-0.3, -0.25) is 0 Å². The molecule has 0 amide bonds. The summed E-state index contributed by atoms with van der Waals surface area (Å²) >= 11 is 0. The molecule has 112 valence electrons. The highest BCUT2D eigenvalue weighted by Crippen LogP contribution is 2.30. The molecule has 0 aliphatic heterocycles. The van der Waals surface area contributed by atoms with Crippen molar-refractivity contribution in [2.24, 2.45) is 5.92 Å². The van der Waals surface area contributed by atoms with Gasteiger partial charge in [0, 0.05) is 12.3 Å². The number of nitrogens with one attached hydrogen (secondary N) is 1. The van der Waals surface area contributed by atoms with Crippen LogP contribution in [0.2, 0.25) is 0 Å². The molecule has 0 spiro atoms. The van der Waals surface area contributed by atoms with Crippen molar-refractivity contribution in [3.05, 3.63) is 18.2 Å². The summed E-state index contributed by atoms with van der Waals surface area (Å²) in [5.41, 5.74) is 7.29. The molecule has 1 aliphatic rings. The topological polar surface area (TPSA) is 72.2 Å². The van der Waals surface area contributed by atoms with Gasteiger partial charge in [0.05, 0.1) is 16.3 Å². The van der Waals surface area contributed by atoms with Gasteiger partial charge >= 0.3 is 0 Å². The minimum atomic E-state index is -3.20. The standard InChI is InChI=1S/C15H24N2O2S/c1-11(12-6-4-3-5-7-12)17-15-9-8-13(10-14(15)16)20(2,18)19/h8-12,17H,3-7,16H2,1-2H3. The second-order valence-corrected chi connectivity index (χ2v) is 7.87. The second kappa shape index (κ2) is 6.04. The van der Waals surface area contributed by atoms with Gasteiger partial charge in [-0.1, -0.05) is 19.3 Å². The molecular formula is C15H24N2O2S. The summed E-state index contributed by atoms with van der Waals surface area (Å²) in [6.07, 6.45) is 7.66. The summed E-state index contributed by atoms with van der Waals surface area (Å²) in [5.74, 6) is 0.678. The number of sulfone groups is 1. The maximum atomic E-state index is 11.5. The minimum Gasteiger partial charge on any atom is -0.397 e. The predicted octanol–water partition coefficient (Wildman–Crippen LogP) is 3.05. The Labute approximate surface area is 121 Å². The molecule has 3 N–H and O–H groups in total. The number of rotatable bonds is 4.